The highest BCUT2D eigenvalue weighted by molar-refractivity contribution is 5.86. The van der Waals surface area contributed by atoms with E-state index in [1.807, 2.05) is 24.3 Å². The third-order valence-corrected chi connectivity index (χ3v) is 3.82. The van der Waals surface area contributed by atoms with Crippen molar-refractivity contribution in [3.05, 3.63) is 66.0 Å². The van der Waals surface area contributed by atoms with E-state index in [-0.39, 0.29) is 12.2 Å². The average molecular weight is 340 g/mol. The van der Waals surface area contributed by atoms with Crippen molar-refractivity contribution in [3.8, 4) is 17.2 Å². The van der Waals surface area contributed by atoms with E-state index in [4.69, 9.17) is 14.2 Å². The maximum atomic E-state index is 13.7. The van der Waals surface area contributed by atoms with Crippen LogP contribution in [0.1, 0.15) is 5.56 Å². The monoisotopic (exact) mass is 340 g/mol. The Labute approximate surface area is 144 Å². The summed E-state index contributed by atoms with van der Waals surface area (Å²) in [6.45, 7) is 0. The topological polar surface area (TPSA) is 44.8 Å². The third-order valence-electron chi connectivity index (χ3n) is 3.82. The van der Waals surface area contributed by atoms with Crippen molar-refractivity contribution in [1.82, 2.24) is 0 Å². The molecule has 0 unspecified atom stereocenters. The first-order chi connectivity index (χ1) is 12.1. The van der Waals surface area contributed by atoms with Crippen LogP contribution in [0.3, 0.4) is 0 Å². The van der Waals surface area contributed by atoms with Crippen LogP contribution in [0.4, 0.5) is 4.39 Å². The Morgan fingerprint density at radius 1 is 0.880 bits per heavy atom. The molecule has 3 aromatic carbocycles. The molecule has 0 fully saturated rings. The molecule has 0 aliphatic rings. The standard InChI is InChI=1S/C20H17FO4/c1-23-16-6-4-14-5-7-17(12-15(14)11-16)25-20(22)10-13-3-8-19(24-2)18(21)9-13/h3-9,11-12H,10H2,1-2H3. The van der Waals surface area contributed by atoms with Gasteiger partial charge in [0.25, 0.3) is 0 Å². The molecule has 5 heteroatoms. The Hall–Kier alpha value is -3.08. The summed E-state index contributed by atoms with van der Waals surface area (Å²) in [6.07, 6.45) is -0.0307. The molecule has 0 radical (unpaired) electrons. The minimum absolute atomic E-state index is 0.0307. The summed E-state index contributed by atoms with van der Waals surface area (Å²) in [6, 6.07) is 15.4. The van der Waals surface area contributed by atoms with E-state index < -0.39 is 11.8 Å². The Balaban J connectivity index is 1.74. The molecule has 0 aliphatic carbocycles. The van der Waals surface area contributed by atoms with Gasteiger partial charge < -0.3 is 14.2 Å². The van der Waals surface area contributed by atoms with E-state index in [2.05, 4.69) is 0 Å². The molecule has 0 aliphatic heterocycles. The van der Waals surface area contributed by atoms with Crippen LogP contribution < -0.4 is 14.2 Å². The first-order valence-corrected chi connectivity index (χ1v) is 7.70. The maximum Gasteiger partial charge on any atom is 0.315 e. The fourth-order valence-corrected chi connectivity index (χ4v) is 2.55. The molecule has 3 aromatic rings. The molecular weight excluding hydrogens is 323 g/mol. The lowest BCUT2D eigenvalue weighted by atomic mass is 10.1. The molecule has 0 atom stereocenters. The van der Waals surface area contributed by atoms with Crippen molar-refractivity contribution in [2.24, 2.45) is 0 Å². The second kappa shape index (κ2) is 7.21. The number of rotatable bonds is 5. The highest BCUT2D eigenvalue weighted by Gasteiger charge is 2.10. The fourth-order valence-electron chi connectivity index (χ4n) is 2.55. The normalized spacial score (nSPS) is 10.5. The van der Waals surface area contributed by atoms with Crippen molar-refractivity contribution in [2.45, 2.75) is 6.42 Å². The smallest absolute Gasteiger partial charge is 0.315 e. The summed E-state index contributed by atoms with van der Waals surface area (Å²) in [5.74, 6) is 0.322. The lowest BCUT2D eigenvalue weighted by Gasteiger charge is -2.08. The lowest BCUT2D eigenvalue weighted by Crippen LogP contribution is -2.11. The van der Waals surface area contributed by atoms with Crippen LogP contribution >= 0.6 is 0 Å². The highest BCUT2D eigenvalue weighted by atomic mass is 19.1. The number of carbonyl (C=O) groups excluding carboxylic acids is 1. The zero-order chi connectivity index (χ0) is 17.8. The predicted octanol–water partition coefficient (Wildman–Crippen LogP) is 4.14. The quantitative estimate of drug-likeness (QED) is 0.517. The Morgan fingerprint density at radius 2 is 1.60 bits per heavy atom. The van der Waals surface area contributed by atoms with Crippen molar-refractivity contribution in [2.75, 3.05) is 14.2 Å². The van der Waals surface area contributed by atoms with Crippen LogP contribution in [0.5, 0.6) is 17.2 Å². The zero-order valence-electron chi connectivity index (χ0n) is 13.9. The molecule has 25 heavy (non-hydrogen) atoms. The summed E-state index contributed by atoms with van der Waals surface area (Å²) in [4.78, 5) is 12.1. The summed E-state index contributed by atoms with van der Waals surface area (Å²) >= 11 is 0. The summed E-state index contributed by atoms with van der Waals surface area (Å²) in [5, 5.41) is 1.91. The number of esters is 1. The number of hydrogen-bond acceptors (Lipinski definition) is 4. The molecule has 0 aromatic heterocycles. The van der Waals surface area contributed by atoms with Gasteiger partial charge in [0.05, 0.1) is 20.6 Å². The van der Waals surface area contributed by atoms with Crippen molar-refractivity contribution in [1.29, 1.82) is 0 Å². The maximum absolute atomic E-state index is 13.7. The first-order valence-electron chi connectivity index (χ1n) is 7.70. The van der Waals surface area contributed by atoms with Crippen molar-refractivity contribution >= 4 is 16.7 Å². The minimum Gasteiger partial charge on any atom is -0.497 e. The van der Waals surface area contributed by atoms with E-state index in [0.29, 0.717) is 11.3 Å². The Morgan fingerprint density at radius 3 is 2.28 bits per heavy atom. The van der Waals surface area contributed by atoms with Gasteiger partial charge in [-0.15, -0.1) is 0 Å². The first kappa shape index (κ1) is 16.8. The van der Waals surface area contributed by atoms with Crippen LogP contribution in [0.2, 0.25) is 0 Å². The summed E-state index contributed by atoms with van der Waals surface area (Å²) in [7, 11) is 2.99. The molecular formula is C20H17FO4. The molecule has 3 rings (SSSR count). The van der Waals surface area contributed by atoms with Gasteiger partial charge in [-0.2, -0.15) is 0 Å². The molecule has 0 heterocycles. The number of benzene rings is 3. The van der Waals surface area contributed by atoms with Crippen LogP contribution in [-0.4, -0.2) is 20.2 Å². The van der Waals surface area contributed by atoms with Gasteiger partial charge in [-0.3, -0.25) is 4.79 Å². The van der Waals surface area contributed by atoms with Crippen LogP contribution in [-0.2, 0) is 11.2 Å². The molecule has 0 spiro atoms. The zero-order valence-corrected chi connectivity index (χ0v) is 13.9. The Kier molecular flexibility index (Phi) is 4.84. The fraction of sp³-hybridized carbons (Fsp3) is 0.150. The molecule has 0 amide bonds. The molecule has 4 nitrogen and oxygen atoms in total. The SMILES string of the molecule is COc1ccc2ccc(OC(=O)Cc3ccc(OC)c(F)c3)cc2c1. The molecule has 0 saturated carbocycles. The molecule has 0 N–H and O–H groups in total. The number of hydrogen-bond donors (Lipinski definition) is 0. The van der Waals surface area contributed by atoms with Crippen molar-refractivity contribution in [3.63, 3.8) is 0 Å². The second-order valence-corrected chi connectivity index (χ2v) is 5.49. The van der Waals surface area contributed by atoms with Crippen LogP contribution in [0.15, 0.2) is 54.6 Å². The summed E-state index contributed by atoms with van der Waals surface area (Å²) < 4.78 is 29.1. The van der Waals surface area contributed by atoms with Gasteiger partial charge in [0.2, 0.25) is 0 Å². The number of fused-ring (bicyclic) bond motifs is 1. The van der Waals surface area contributed by atoms with Crippen LogP contribution in [0, 0.1) is 5.82 Å². The van der Waals surface area contributed by atoms with Gasteiger partial charge in [0.15, 0.2) is 11.6 Å². The van der Waals surface area contributed by atoms with E-state index in [0.717, 1.165) is 16.5 Å². The van der Waals surface area contributed by atoms with Gasteiger partial charge >= 0.3 is 5.97 Å². The highest BCUT2D eigenvalue weighted by Crippen LogP contribution is 2.25. The van der Waals surface area contributed by atoms with Gasteiger partial charge in [-0.05, 0) is 52.7 Å². The van der Waals surface area contributed by atoms with Gasteiger partial charge in [-0.1, -0.05) is 18.2 Å². The largest absolute Gasteiger partial charge is 0.497 e. The van der Waals surface area contributed by atoms with Crippen molar-refractivity contribution < 1.29 is 23.4 Å². The summed E-state index contributed by atoms with van der Waals surface area (Å²) in [5.41, 5.74) is 0.519. The Bertz CT molecular complexity index is 921. The average Bonchev–Trinajstić information content (AvgIpc) is 2.61. The minimum atomic E-state index is -0.509. The lowest BCUT2D eigenvalue weighted by molar-refractivity contribution is -0.133. The van der Waals surface area contributed by atoms with E-state index in [1.54, 1.807) is 25.3 Å². The third kappa shape index (κ3) is 3.88. The van der Waals surface area contributed by atoms with E-state index in [1.165, 1.54) is 19.2 Å². The second-order valence-electron chi connectivity index (χ2n) is 5.49. The van der Waals surface area contributed by atoms with E-state index in [9.17, 15) is 9.18 Å². The number of halogens is 1. The van der Waals surface area contributed by atoms with Gasteiger partial charge in [-0.25, -0.2) is 4.39 Å². The number of carbonyl (C=O) groups is 1. The number of ether oxygens (including phenoxy) is 3. The molecule has 0 saturated heterocycles. The van der Waals surface area contributed by atoms with E-state index >= 15 is 0 Å². The predicted molar refractivity (Wildman–Crippen MR) is 92.8 cm³/mol. The van der Waals surface area contributed by atoms with Gasteiger partial charge in [0, 0.05) is 0 Å². The van der Waals surface area contributed by atoms with Crippen LogP contribution in [0.25, 0.3) is 10.8 Å². The molecule has 128 valence electrons. The number of methoxy groups -OCH3 is 2. The molecule has 0 bridgehead atoms. The van der Waals surface area contributed by atoms with Gasteiger partial charge in [0.1, 0.15) is 11.5 Å².